The summed E-state index contributed by atoms with van der Waals surface area (Å²) in [4.78, 5) is 11.8. The number of aryl methyl sites for hydroxylation is 2. The van der Waals surface area contributed by atoms with E-state index >= 15 is 0 Å². The molecule has 100 valence electrons. The summed E-state index contributed by atoms with van der Waals surface area (Å²) < 4.78 is 0. The standard InChI is InChI=1S/C14H22N2O2/c1-9-5-6-13(10(2)7-9)16-14(18)15-12(4)11(3)8-17/h5-7,11-12,17H,8H2,1-4H3,(H2,15,16,18). The molecular weight excluding hydrogens is 228 g/mol. The van der Waals surface area contributed by atoms with Crippen LogP contribution >= 0.6 is 0 Å². The van der Waals surface area contributed by atoms with Crippen molar-refractivity contribution in [3.63, 3.8) is 0 Å². The van der Waals surface area contributed by atoms with Gasteiger partial charge in [-0.2, -0.15) is 0 Å². The number of hydrogen-bond acceptors (Lipinski definition) is 2. The first-order chi connectivity index (χ1) is 8.43. The highest BCUT2D eigenvalue weighted by Crippen LogP contribution is 2.15. The Hall–Kier alpha value is -1.55. The predicted molar refractivity (Wildman–Crippen MR) is 73.8 cm³/mol. The van der Waals surface area contributed by atoms with Gasteiger partial charge < -0.3 is 15.7 Å². The molecule has 2 amide bonds. The molecule has 2 unspecified atom stereocenters. The molecule has 0 aromatic heterocycles. The SMILES string of the molecule is Cc1ccc(NC(=O)NC(C)C(C)CO)c(C)c1. The van der Waals surface area contributed by atoms with Crippen LogP contribution in [0.2, 0.25) is 0 Å². The molecule has 4 nitrogen and oxygen atoms in total. The Morgan fingerprint density at radius 2 is 2.00 bits per heavy atom. The van der Waals surface area contributed by atoms with Gasteiger partial charge >= 0.3 is 6.03 Å². The molecule has 0 fully saturated rings. The highest BCUT2D eigenvalue weighted by molar-refractivity contribution is 5.90. The first-order valence-electron chi connectivity index (χ1n) is 6.19. The van der Waals surface area contributed by atoms with Gasteiger partial charge in [0.2, 0.25) is 0 Å². The first kappa shape index (κ1) is 14.5. The van der Waals surface area contributed by atoms with Gasteiger partial charge in [-0.3, -0.25) is 0 Å². The highest BCUT2D eigenvalue weighted by atomic mass is 16.3. The molecule has 0 aliphatic carbocycles. The predicted octanol–water partition coefficient (Wildman–Crippen LogP) is 2.44. The Morgan fingerprint density at radius 1 is 1.33 bits per heavy atom. The summed E-state index contributed by atoms with van der Waals surface area (Å²) in [6.45, 7) is 7.81. The van der Waals surface area contributed by atoms with Crippen molar-refractivity contribution in [2.75, 3.05) is 11.9 Å². The van der Waals surface area contributed by atoms with E-state index < -0.39 is 0 Å². The largest absolute Gasteiger partial charge is 0.396 e. The number of anilines is 1. The fourth-order valence-electron chi connectivity index (χ4n) is 1.62. The zero-order valence-electron chi connectivity index (χ0n) is 11.4. The molecule has 0 aliphatic heterocycles. The first-order valence-corrected chi connectivity index (χ1v) is 6.19. The van der Waals surface area contributed by atoms with Crippen molar-refractivity contribution >= 4 is 11.7 Å². The lowest BCUT2D eigenvalue weighted by molar-refractivity contribution is 0.204. The zero-order valence-corrected chi connectivity index (χ0v) is 11.4. The van der Waals surface area contributed by atoms with E-state index in [1.54, 1.807) is 0 Å². The molecule has 4 heteroatoms. The fraction of sp³-hybridized carbons (Fsp3) is 0.500. The summed E-state index contributed by atoms with van der Waals surface area (Å²) in [6.07, 6.45) is 0. The molecular formula is C14H22N2O2. The summed E-state index contributed by atoms with van der Waals surface area (Å²) in [7, 11) is 0. The van der Waals surface area contributed by atoms with E-state index in [-0.39, 0.29) is 24.6 Å². The summed E-state index contributed by atoms with van der Waals surface area (Å²) in [6, 6.07) is 5.57. The maximum Gasteiger partial charge on any atom is 0.319 e. The minimum atomic E-state index is -0.241. The highest BCUT2D eigenvalue weighted by Gasteiger charge is 2.14. The number of rotatable bonds is 4. The van der Waals surface area contributed by atoms with E-state index in [4.69, 9.17) is 5.11 Å². The summed E-state index contributed by atoms with van der Waals surface area (Å²) in [5, 5.41) is 14.6. The number of amides is 2. The molecule has 0 aliphatic rings. The molecule has 3 N–H and O–H groups in total. The minimum Gasteiger partial charge on any atom is -0.396 e. The molecule has 0 heterocycles. The van der Waals surface area contributed by atoms with E-state index in [9.17, 15) is 4.79 Å². The molecule has 0 radical (unpaired) electrons. The summed E-state index contributed by atoms with van der Waals surface area (Å²) in [5.74, 6) is 0.0369. The molecule has 18 heavy (non-hydrogen) atoms. The Kier molecular flexibility index (Phi) is 5.16. The van der Waals surface area contributed by atoms with Crippen LogP contribution in [-0.4, -0.2) is 23.8 Å². The van der Waals surface area contributed by atoms with Crippen LogP contribution in [0.3, 0.4) is 0 Å². The Morgan fingerprint density at radius 3 is 2.56 bits per heavy atom. The van der Waals surface area contributed by atoms with E-state index in [0.29, 0.717) is 0 Å². The van der Waals surface area contributed by atoms with Gasteiger partial charge in [0.05, 0.1) is 0 Å². The monoisotopic (exact) mass is 250 g/mol. The van der Waals surface area contributed by atoms with Gasteiger partial charge in [-0.05, 0) is 38.3 Å². The van der Waals surface area contributed by atoms with Gasteiger partial charge in [0.25, 0.3) is 0 Å². The van der Waals surface area contributed by atoms with Gasteiger partial charge in [0, 0.05) is 18.3 Å². The van der Waals surface area contributed by atoms with Crippen LogP contribution in [0.15, 0.2) is 18.2 Å². The third-order valence-corrected chi connectivity index (χ3v) is 3.13. The Balaban J connectivity index is 2.59. The van der Waals surface area contributed by atoms with Crippen molar-refractivity contribution < 1.29 is 9.90 Å². The van der Waals surface area contributed by atoms with Crippen LogP contribution in [-0.2, 0) is 0 Å². The Labute approximate surface area is 108 Å². The second kappa shape index (κ2) is 6.40. The Bertz CT molecular complexity index is 418. The van der Waals surface area contributed by atoms with Crippen molar-refractivity contribution in [3.8, 4) is 0 Å². The maximum atomic E-state index is 11.8. The molecule has 0 bridgehead atoms. The molecule has 1 rings (SSSR count). The van der Waals surface area contributed by atoms with Crippen LogP contribution in [0.25, 0.3) is 0 Å². The van der Waals surface area contributed by atoms with Crippen LogP contribution in [0.5, 0.6) is 0 Å². The fourth-order valence-corrected chi connectivity index (χ4v) is 1.62. The topological polar surface area (TPSA) is 61.4 Å². The van der Waals surface area contributed by atoms with Crippen molar-refractivity contribution in [1.29, 1.82) is 0 Å². The number of benzene rings is 1. The van der Waals surface area contributed by atoms with Crippen molar-refractivity contribution in [2.45, 2.75) is 33.7 Å². The van der Waals surface area contributed by atoms with Gasteiger partial charge in [0.1, 0.15) is 0 Å². The molecule has 1 aromatic carbocycles. The van der Waals surface area contributed by atoms with E-state index in [1.165, 1.54) is 5.56 Å². The van der Waals surface area contributed by atoms with E-state index in [1.807, 2.05) is 45.9 Å². The maximum absolute atomic E-state index is 11.8. The molecule has 0 saturated heterocycles. The van der Waals surface area contributed by atoms with Gasteiger partial charge in [-0.1, -0.05) is 24.6 Å². The van der Waals surface area contributed by atoms with Crippen LogP contribution in [0.1, 0.15) is 25.0 Å². The van der Waals surface area contributed by atoms with Crippen LogP contribution < -0.4 is 10.6 Å². The lowest BCUT2D eigenvalue weighted by Gasteiger charge is -2.20. The average Bonchev–Trinajstić information content (AvgIpc) is 2.31. The number of aliphatic hydroxyl groups is 1. The van der Waals surface area contributed by atoms with Crippen molar-refractivity contribution in [1.82, 2.24) is 5.32 Å². The number of aliphatic hydroxyl groups excluding tert-OH is 1. The number of nitrogens with one attached hydrogen (secondary N) is 2. The third kappa shape index (κ3) is 4.04. The van der Waals surface area contributed by atoms with E-state index in [0.717, 1.165) is 11.3 Å². The zero-order chi connectivity index (χ0) is 13.7. The van der Waals surface area contributed by atoms with Gasteiger partial charge in [0.15, 0.2) is 0 Å². The summed E-state index contributed by atoms with van der Waals surface area (Å²) >= 11 is 0. The average molecular weight is 250 g/mol. The molecule has 0 spiro atoms. The van der Waals surface area contributed by atoms with Gasteiger partial charge in [-0.15, -0.1) is 0 Å². The van der Waals surface area contributed by atoms with Gasteiger partial charge in [-0.25, -0.2) is 4.79 Å². The number of hydrogen-bond donors (Lipinski definition) is 3. The van der Waals surface area contributed by atoms with Crippen LogP contribution in [0.4, 0.5) is 10.5 Å². The number of carbonyl (C=O) groups excluding carboxylic acids is 1. The molecule has 1 aromatic rings. The third-order valence-electron chi connectivity index (χ3n) is 3.13. The second-order valence-corrected chi connectivity index (χ2v) is 4.87. The minimum absolute atomic E-state index is 0.0369. The number of carbonyl (C=O) groups is 1. The lowest BCUT2D eigenvalue weighted by atomic mass is 10.1. The summed E-state index contributed by atoms with van der Waals surface area (Å²) in [5.41, 5.74) is 3.01. The van der Waals surface area contributed by atoms with Crippen molar-refractivity contribution in [2.24, 2.45) is 5.92 Å². The quantitative estimate of drug-likeness (QED) is 0.768. The second-order valence-electron chi connectivity index (χ2n) is 4.87. The van der Waals surface area contributed by atoms with Crippen LogP contribution in [0, 0.1) is 19.8 Å². The molecule has 2 atom stereocenters. The normalized spacial score (nSPS) is 13.8. The van der Waals surface area contributed by atoms with Crippen molar-refractivity contribution in [3.05, 3.63) is 29.3 Å². The molecule has 0 saturated carbocycles. The lowest BCUT2D eigenvalue weighted by Crippen LogP contribution is -2.40. The van der Waals surface area contributed by atoms with E-state index in [2.05, 4.69) is 10.6 Å². The smallest absolute Gasteiger partial charge is 0.319 e. The number of urea groups is 1.